The molecule has 48 valence electrons. The number of halogens is 3. The van der Waals surface area contributed by atoms with Gasteiger partial charge in [-0.05, 0) is 0 Å². The third kappa shape index (κ3) is 19.2. The average Bonchev–Trinajstić information content (AvgIpc) is 1.41. The Balaban J connectivity index is -0.0000000800. The second-order valence-electron chi connectivity index (χ2n) is 0.644. The van der Waals surface area contributed by atoms with Crippen LogP contribution in [0.15, 0.2) is 0 Å². The predicted octanol–water partition coefficient (Wildman–Crippen LogP) is 1.83. The van der Waals surface area contributed by atoms with E-state index in [0.29, 0.717) is 12.0 Å². The molecule has 1 atom stereocenters. The Morgan fingerprint density at radius 3 is 1.86 bits per heavy atom. The largest absolute Gasteiger partial charge is 0.330 e. The van der Waals surface area contributed by atoms with Crippen molar-refractivity contribution in [2.45, 2.75) is 0 Å². The molecule has 0 aromatic rings. The van der Waals surface area contributed by atoms with Crippen LogP contribution in [0.2, 0.25) is 0 Å². The lowest BCUT2D eigenvalue weighted by atomic mass is 11.0. The third-order valence-corrected chi connectivity index (χ3v) is 1.34. The molecule has 5 heteroatoms. The molecule has 0 saturated heterocycles. The van der Waals surface area contributed by atoms with Crippen molar-refractivity contribution < 1.29 is 4.57 Å². The smallest absolute Gasteiger partial charge is 0.0657 e. The maximum atomic E-state index is 9.53. The summed E-state index contributed by atoms with van der Waals surface area (Å²) >= 11 is 5.12. The quantitative estimate of drug-likeness (QED) is 0.474. The average molecular weight is 185 g/mol. The van der Waals surface area contributed by atoms with E-state index in [9.17, 15) is 4.57 Å². The van der Waals surface area contributed by atoms with Gasteiger partial charge in [0.15, 0.2) is 0 Å². The summed E-state index contributed by atoms with van der Waals surface area (Å²) in [5.74, 6) is 0.541. The fraction of sp³-hybridized carbons (Fsp3) is 1.00. The maximum Gasteiger partial charge on any atom is 0.0657 e. The molecule has 0 fully saturated rings. The van der Waals surface area contributed by atoms with Crippen molar-refractivity contribution in [1.29, 1.82) is 0 Å². The number of rotatable bonds is 2. The van der Waals surface area contributed by atoms with Crippen LogP contribution >= 0.6 is 44.9 Å². The molecule has 0 aromatic heterocycles. The second kappa shape index (κ2) is 15.7. The van der Waals surface area contributed by atoms with Crippen LogP contribution in [0.3, 0.4) is 0 Å². The second-order valence-corrected chi connectivity index (χ2v) is 1.93. The topological polar surface area (TPSA) is 17.1 Å². The lowest BCUT2D eigenvalue weighted by Crippen LogP contribution is -1.65. The van der Waals surface area contributed by atoms with E-state index in [4.69, 9.17) is 11.6 Å². The minimum atomic E-state index is -0.596. The van der Waals surface area contributed by atoms with Gasteiger partial charge in [-0.3, -0.25) is 0 Å². The van der Waals surface area contributed by atoms with Gasteiger partial charge in [0.05, 0.1) is 8.46 Å². The van der Waals surface area contributed by atoms with Crippen LogP contribution < -0.4 is 0 Å². The van der Waals surface area contributed by atoms with Crippen molar-refractivity contribution >= 4 is 44.9 Å². The van der Waals surface area contributed by atoms with Crippen LogP contribution in [0.4, 0.5) is 0 Å². The molecular weight excluding hydrogens is 177 g/mol. The van der Waals surface area contributed by atoms with Crippen LogP contribution in [0, 0.1) is 0 Å². The monoisotopic (exact) mass is 184 g/mol. The van der Waals surface area contributed by atoms with E-state index in [0.717, 1.165) is 0 Å². The molecule has 0 aliphatic rings. The van der Waals surface area contributed by atoms with E-state index in [1.54, 1.807) is 0 Å². The summed E-state index contributed by atoms with van der Waals surface area (Å²) < 4.78 is 9.53. The first-order valence-electron chi connectivity index (χ1n) is 1.41. The molecule has 7 heavy (non-hydrogen) atoms. The third-order valence-electron chi connectivity index (χ3n) is 0.227. The van der Waals surface area contributed by atoms with Crippen LogP contribution in [0.25, 0.3) is 0 Å². The Bertz CT molecular complexity index is 34.1. The highest BCUT2D eigenvalue weighted by molar-refractivity contribution is 7.23. The molecule has 0 rings (SSSR count). The standard InChI is InChI=1S/C2H6ClOP.2ClH/c3-1-2-5-4;;/h1-2,5H2;2*1H. The van der Waals surface area contributed by atoms with Crippen molar-refractivity contribution in [1.82, 2.24) is 0 Å². The molecule has 0 aliphatic carbocycles. The molecule has 0 aromatic carbocycles. The van der Waals surface area contributed by atoms with E-state index < -0.39 is 8.46 Å². The number of hydrogen-bond acceptors (Lipinski definition) is 1. The van der Waals surface area contributed by atoms with Crippen LogP contribution in [-0.4, -0.2) is 12.0 Å². The summed E-state index contributed by atoms with van der Waals surface area (Å²) in [4.78, 5) is 0. The van der Waals surface area contributed by atoms with Gasteiger partial charge in [-0.1, -0.05) is 0 Å². The summed E-state index contributed by atoms with van der Waals surface area (Å²) in [7, 11) is -0.596. The molecule has 0 heterocycles. The molecule has 1 nitrogen and oxygen atoms in total. The minimum Gasteiger partial charge on any atom is -0.330 e. The van der Waals surface area contributed by atoms with E-state index in [2.05, 4.69) is 0 Å². The zero-order chi connectivity index (χ0) is 4.12. The first-order chi connectivity index (χ1) is 2.41. The Hall–Kier alpha value is 1.10. The van der Waals surface area contributed by atoms with Gasteiger partial charge in [0.1, 0.15) is 0 Å². The molecular formula is C2H8Cl3OP. The van der Waals surface area contributed by atoms with E-state index in [-0.39, 0.29) is 24.8 Å². The number of alkyl halides is 1. The molecule has 0 bridgehead atoms. The fourth-order valence-corrected chi connectivity index (χ4v) is 0.401. The van der Waals surface area contributed by atoms with Gasteiger partial charge in [-0.15, -0.1) is 36.4 Å². The first-order valence-corrected chi connectivity index (χ1v) is 3.23. The van der Waals surface area contributed by atoms with Gasteiger partial charge in [0.25, 0.3) is 0 Å². The maximum absolute atomic E-state index is 9.53. The van der Waals surface area contributed by atoms with Gasteiger partial charge in [-0.2, -0.15) is 0 Å². The van der Waals surface area contributed by atoms with Gasteiger partial charge in [-0.25, -0.2) is 0 Å². The van der Waals surface area contributed by atoms with Crippen molar-refractivity contribution in [2.24, 2.45) is 0 Å². The molecule has 0 aliphatic heterocycles. The van der Waals surface area contributed by atoms with Crippen LogP contribution in [-0.2, 0) is 4.57 Å². The first kappa shape index (κ1) is 15.7. The highest BCUT2D eigenvalue weighted by Crippen LogP contribution is 1.89. The van der Waals surface area contributed by atoms with Gasteiger partial charge < -0.3 is 4.57 Å². The predicted molar refractivity (Wildman–Crippen MR) is 40.5 cm³/mol. The highest BCUT2D eigenvalue weighted by Gasteiger charge is 1.67. The van der Waals surface area contributed by atoms with Gasteiger partial charge >= 0.3 is 0 Å². The summed E-state index contributed by atoms with van der Waals surface area (Å²) in [5, 5.41) is 0. The molecule has 0 amide bonds. The normalized spacial score (nSPS) is 7.57. The Kier molecular flexibility index (Phi) is 35.2. The van der Waals surface area contributed by atoms with E-state index in [1.165, 1.54) is 0 Å². The van der Waals surface area contributed by atoms with Gasteiger partial charge in [0, 0.05) is 12.0 Å². The SMILES string of the molecule is Cl.Cl.O=[PH2]CCCl. The Labute approximate surface area is 61.8 Å². The van der Waals surface area contributed by atoms with Crippen LogP contribution in [0.1, 0.15) is 0 Å². The van der Waals surface area contributed by atoms with Gasteiger partial charge in [0.2, 0.25) is 0 Å². The number of hydrogen-bond donors (Lipinski definition) is 0. The molecule has 0 N–H and O–H groups in total. The summed E-state index contributed by atoms with van der Waals surface area (Å²) in [5.41, 5.74) is 0. The molecule has 0 spiro atoms. The molecule has 0 saturated carbocycles. The molecule has 1 unspecified atom stereocenters. The fourth-order valence-electron chi connectivity index (χ4n) is 0.0445. The zero-order valence-electron chi connectivity index (χ0n) is 3.59. The van der Waals surface area contributed by atoms with Crippen molar-refractivity contribution in [3.05, 3.63) is 0 Å². The summed E-state index contributed by atoms with van der Waals surface area (Å²) in [6, 6.07) is 0. The lowest BCUT2D eigenvalue weighted by Gasteiger charge is -1.67. The van der Waals surface area contributed by atoms with E-state index in [1.807, 2.05) is 0 Å². The highest BCUT2D eigenvalue weighted by atomic mass is 35.5. The minimum absolute atomic E-state index is 0. The van der Waals surface area contributed by atoms with Crippen molar-refractivity contribution in [3.63, 3.8) is 0 Å². The summed E-state index contributed by atoms with van der Waals surface area (Å²) in [6.45, 7) is 0. The lowest BCUT2D eigenvalue weighted by molar-refractivity contribution is 0.599. The van der Waals surface area contributed by atoms with Crippen molar-refractivity contribution in [2.75, 3.05) is 12.0 Å². The molecule has 0 radical (unpaired) electrons. The Morgan fingerprint density at radius 2 is 1.86 bits per heavy atom. The van der Waals surface area contributed by atoms with Crippen LogP contribution in [0.5, 0.6) is 0 Å². The Morgan fingerprint density at radius 1 is 1.43 bits per heavy atom. The zero-order valence-corrected chi connectivity index (χ0v) is 7.14. The van der Waals surface area contributed by atoms with E-state index >= 15 is 0 Å². The summed E-state index contributed by atoms with van der Waals surface area (Å²) in [6.07, 6.45) is 0.682. The van der Waals surface area contributed by atoms with Crippen molar-refractivity contribution in [3.8, 4) is 0 Å².